The number of rotatable bonds is 6. The fourth-order valence-electron chi connectivity index (χ4n) is 10.0. The largest absolute Gasteiger partial charge is 0.354 e. The molecular formula is C56H43N5. The highest BCUT2D eigenvalue weighted by molar-refractivity contribution is 6.09. The summed E-state index contributed by atoms with van der Waals surface area (Å²) in [5.74, 6) is 1.99. The van der Waals surface area contributed by atoms with E-state index < -0.39 is 5.41 Å². The van der Waals surface area contributed by atoms with Crippen LogP contribution in [0.1, 0.15) is 44.5 Å². The molecule has 1 aliphatic heterocycles. The molecule has 0 unspecified atom stereocenters. The Hall–Kier alpha value is -7.63. The zero-order valence-electron chi connectivity index (χ0n) is 34.6. The van der Waals surface area contributed by atoms with Crippen molar-refractivity contribution < 1.29 is 0 Å². The molecule has 8 aromatic carbocycles. The first-order valence-electron chi connectivity index (χ1n) is 21.0. The van der Waals surface area contributed by atoms with Crippen molar-refractivity contribution >= 4 is 38.9 Å². The molecule has 61 heavy (non-hydrogen) atoms. The summed E-state index contributed by atoms with van der Waals surface area (Å²) >= 11 is 0. The van der Waals surface area contributed by atoms with Gasteiger partial charge in [-0.15, -0.1) is 0 Å². The fraction of sp³-hybridized carbons (Fsp3) is 0.0893. The number of nitrogens with one attached hydrogen (secondary N) is 1. The first kappa shape index (κ1) is 36.4. The van der Waals surface area contributed by atoms with E-state index in [1.165, 1.54) is 49.8 Å². The number of aromatic nitrogens is 4. The quantitative estimate of drug-likeness (QED) is 0.182. The maximum atomic E-state index is 5.21. The van der Waals surface area contributed by atoms with Crippen LogP contribution in [-0.2, 0) is 5.41 Å². The van der Waals surface area contributed by atoms with Gasteiger partial charge >= 0.3 is 0 Å². The third-order valence-electron chi connectivity index (χ3n) is 13.0. The van der Waals surface area contributed by atoms with Gasteiger partial charge in [0.15, 0.2) is 17.5 Å². The van der Waals surface area contributed by atoms with Crippen molar-refractivity contribution in [2.45, 2.75) is 33.1 Å². The van der Waals surface area contributed by atoms with E-state index in [-0.39, 0.29) is 0 Å². The molecule has 5 nitrogen and oxygen atoms in total. The first-order chi connectivity index (χ1) is 29.9. The Kier molecular flexibility index (Phi) is 8.53. The van der Waals surface area contributed by atoms with E-state index in [9.17, 15) is 0 Å². The van der Waals surface area contributed by atoms with Crippen LogP contribution in [0.5, 0.6) is 0 Å². The van der Waals surface area contributed by atoms with Crippen LogP contribution in [0.4, 0.5) is 17.1 Å². The summed E-state index contributed by atoms with van der Waals surface area (Å²) in [6, 6.07) is 65.0. The second kappa shape index (κ2) is 14.3. The van der Waals surface area contributed by atoms with Crippen LogP contribution in [0.2, 0.25) is 0 Å². The summed E-state index contributed by atoms with van der Waals surface area (Å²) in [7, 11) is 0. The number of H-pyrrole nitrogens is 1. The van der Waals surface area contributed by atoms with Gasteiger partial charge in [0.1, 0.15) is 0 Å². The number of benzene rings is 8. The van der Waals surface area contributed by atoms with E-state index in [0.29, 0.717) is 17.5 Å². The predicted molar refractivity (Wildman–Crippen MR) is 251 cm³/mol. The minimum atomic E-state index is -0.649. The minimum absolute atomic E-state index is 0.649. The normalized spacial score (nSPS) is 13.0. The molecule has 3 heterocycles. The Morgan fingerprint density at radius 3 is 1.46 bits per heavy atom. The second-order valence-electron chi connectivity index (χ2n) is 16.1. The SMILES string of the molecule is Cc1c(C)c(N2c3ccccc3C(c3ccccc3)(c3cccc4c3[nH]c3ccccc34)c3ccccc32)c(C)c(C)c1-c1nc(-c2ccccc2)nc(-c2ccccc2)n1. The molecule has 0 atom stereocenters. The smallest absolute Gasteiger partial charge is 0.164 e. The lowest BCUT2D eigenvalue weighted by Crippen LogP contribution is -2.38. The Bertz CT molecular complexity index is 3160. The lowest BCUT2D eigenvalue weighted by molar-refractivity contribution is 0.736. The van der Waals surface area contributed by atoms with Crippen molar-refractivity contribution in [3.8, 4) is 34.2 Å². The van der Waals surface area contributed by atoms with Gasteiger partial charge < -0.3 is 9.88 Å². The van der Waals surface area contributed by atoms with Crippen LogP contribution in [0.15, 0.2) is 182 Å². The molecule has 0 aliphatic carbocycles. The van der Waals surface area contributed by atoms with Crippen LogP contribution in [0, 0.1) is 27.7 Å². The average Bonchev–Trinajstić information content (AvgIpc) is 3.71. The third kappa shape index (κ3) is 5.50. The van der Waals surface area contributed by atoms with Crippen molar-refractivity contribution in [1.82, 2.24) is 19.9 Å². The van der Waals surface area contributed by atoms with Gasteiger partial charge in [0, 0.05) is 33.0 Å². The van der Waals surface area contributed by atoms with E-state index in [1.807, 2.05) is 36.4 Å². The van der Waals surface area contributed by atoms with Gasteiger partial charge in [-0.1, -0.05) is 164 Å². The standard InChI is InChI=1S/C56H43N5/c1-35-37(3)52(38(4)36(2)50(35)55-59-53(39-21-8-5-9-22-39)58-54(60-55)40-23-10-6-11-24-40)61-48-33-18-15-29-44(48)56(41-25-12-7-13-26-41,45-30-16-19-34-49(45)61)46-31-20-28-43-42-27-14-17-32-47(42)57-51(43)46/h5-34,57H,1-4H3. The van der Waals surface area contributed by atoms with Crippen molar-refractivity contribution in [3.05, 3.63) is 226 Å². The molecule has 1 N–H and O–H groups in total. The predicted octanol–water partition coefficient (Wildman–Crippen LogP) is 13.9. The topological polar surface area (TPSA) is 57.7 Å². The number of para-hydroxylation sites is 4. The molecule has 0 saturated heterocycles. The molecule has 5 heteroatoms. The van der Waals surface area contributed by atoms with Crippen molar-refractivity contribution in [3.63, 3.8) is 0 Å². The molecule has 0 bridgehead atoms. The van der Waals surface area contributed by atoms with E-state index >= 15 is 0 Å². The summed E-state index contributed by atoms with van der Waals surface area (Å²) < 4.78 is 0. The maximum absolute atomic E-state index is 5.21. The van der Waals surface area contributed by atoms with Crippen LogP contribution < -0.4 is 4.90 Å². The van der Waals surface area contributed by atoms with E-state index in [2.05, 4.69) is 183 Å². The van der Waals surface area contributed by atoms with Gasteiger partial charge in [-0.3, -0.25) is 0 Å². The van der Waals surface area contributed by atoms with Crippen LogP contribution in [0.3, 0.4) is 0 Å². The number of fused-ring (bicyclic) bond motifs is 5. The van der Waals surface area contributed by atoms with Gasteiger partial charge in [0.25, 0.3) is 0 Å². The molecular weight excluding hydrogens is 743 g/mol. The van der Waals surface area contributed by atoms with Gasteiger partial charge in [0.05, 0.1) is 28.0 Å². The summed E-state index contributed by atoms with van der Waals surface area (Å²) in [5.41, 5.74) is 17.6. The number of anilines is 3. The number of hydrogen-bond acceptors (Lipinski definition) is 4. The molecule has 0 spiro atoms. The molecule has 292 valence electrons. The minimum Gasteiger partial charge on any atom is -0.354 e. The van der Waals surface area contributed by atoms with Gasteiger partial charge in [0.2, 0.25) is 0 Å². The highest BCUT2D eigenvalue weighted by Crippen LogP contribution is 2.60. The molecule has 0 amide bonds. The van der Waals surface area contributed by atoms with Crippen molar-refractivity contribution in [1.29, 1.82) is 0 Å². The summed E-state index contributed by atoms with van der Waals surface area (Å²) in [4.78, 5) is 21.8. The molecule has 2 aromatic heterocycles. The van der Waals surface area contributed by atoms with Gasteiger partial charge in [-0.2, -0.15) is 0 Å². The van der Waals surface area contributed by atoms with Crippen LogP contribution >= 0.6 is 0 Å². The highest BCUT2D eigenvalue weighted by Gasteiger charge is 2.48. The first-order valence-corrected chi connectivity index (χ1v) is 21.0. The van der Waals surface area contributed by atoms with E-state index in [4.69, 9.17) is 15.0 Å². The van der Waals surface area contributed by atoms with Crippen LogP contribution in [-0.4, -0.2) is 19.9 Å². The zero-order chi connectivity index (χ0) is 41.2. The molecule has 10 aromatic rings. The molecule has 0 fully saturated rings. The lowest BCUT2D eigenvalue weighted by Gasteiger charge is -2.47. The highest BCUT2D eigenvalue weighted by atomic mass is 15.2. The van der Waals surface area contributed by atoms with Crippen molar-refractivity contribution in [2.24, 2.45) is 0 Å². The zero-order valence-corrected chi connectivity index (χ0v) is 34.6. The summed E-state index contributed by atoms with van der Waals surface area (Å²) in [6.45, 7) is 8.96. The number of nitrogens with zero attached hydrogens (tertiary/aromatic N) is 4. The Balaban J connectivity index is 1.17. The fourth-order valence-corrected chi connectivity index (χ4v) is 10.0. The lowest BCUT2D eigenvalue weighted by atomic mass is 9.62. The molecule has 0 saturated carbocycles. The molecule has 11 rings (SSSR count). The Morgan fingerprint density at radius 1 is 0.410 bits per heavy atom. The number of aromatic amines is 1. The van der Waals surface area contributed by atoms with Gasteiger partial charge in [-0.05, 0) is 90.4 Å². The Labute approximate surface area is 356 Å². The van der Waals surface area contributed by atoms with Crippen molar-refractivity contribution in [2.75, 3.05) is 4.90 Å². The monoisotopic (exact) mass is 785 g/mol. The second-order valence-corrected chi connectivity index (χ2v) is 16.1. The average molecular weight is 786 g/mol. The van der Waals surface area contributed by atoms with E-state index in [1.54, 1.807) is 0 Å². The maximum Gasteiger partial charge on any atom is 0.164 e. The summed E-state index contributed by atoms with van der Waals surface area (Å²) in [6.07, 6.45) is 0. The number of hydrogen-bond donors (Lipinski definition) is 1. The van der Waals surface area contributed by atoms with Gasteiger partial charge in [-0.25, -0.2) is 15.0 Å². The third-order valence-corrected chi connectivity index (χ3v) is 13.0. The van der Waals surface area contributed by atoms with Crippen LogP contribution in [0.25, 0.3) is 56.0 Å². The summed E-state index contributed by atoms with van der Waals surface area (Å²) in [5, 5.41) is 2.45. The molecule has 0 radical (unpaired) electrons. The van der Waals surface area contributed by atoms with E-state index in [0.717, 1.165) is 50.2 Å². The molecule has 1 aliphatic rings. The Morgan fingerprint density at radius 2 is 0.869 bits per heavy atom.